The van der Waals surface area contributed by atoms with Gasteiger partial charge in [-0.25, -0.2) is 0 Å². The van der Waals surface area contributed by atoms with E-state index in [1.54, 1.807) is 31.4 Å². The first-order valence-corrected chi connectivity index (χ1v) is 9.61. The van der Waals surface area contributed by atoms with Crippen molar-refractivity contribution in [2.75, 3.05) is 33.7 Å². The van der Waals surface area contributed by atoms with Crippen LogP contribution >= 0.6 is 0 Å². The monoisotopic (exact) mass is 423 g/mol. The smallest absolute Gasteiger partial charge is 0.258 e. The van der Waals surface area contributed by atoms with E-state index in [1.165, 1.54) is 0 Å². The van der Waals surface area contributed by atoms with Gasteiger partial charge in [-0.1, -0.05) is 0 Å². The number of amides is 1. The van der Waals surface area contributed by atoms with Gasteiger partial charge in [0, 0.05) is 17.7 Å². The van der Waals surface area contributed by atoms with Crippen molar-refractivity contribution in [2.45, 2.75) is 0 Å². The van der Waals surface area contributed by atoms with E-state index < -0.39 is 0 Å². The second-order valence-electron chi connectivity index (χ2n) is 6.49. The number of hydrogen-bond donors (Lipinski definition) is 1. The molecule has 1 N–H and O–H groups in total. The molecule has 1 amide bonds. The number of nitrogens with zero attached hydrogens (tertiary/aromatic N) is 2. The number of carbonyl (C=O) groups excluding carboxylic acids is 1. The van der Waals surface area contributed by atoms with E-state index in [0.29, 0.717) is 29.7 Å². The molecule has 0 bridgehead atoms. The first kappa shape index (κ1) is 20.3. The van der Waals surface area contributed by atoms with Crippen molar-refractivity contribution in [3.63, 3.8) is 0 Å². The van der Waals surface area contributed by atoms with Crippen molar-refractivity contribution in [3.8, 4) is 40.1 Å². The minimum Gasteiger partial charge on any atom is -0.497 e. The van der Waals surface area contributed by atoms with Crippen molar-refractivity contribution >= 4 is 5.91 Å². The molecule has 0 aliphatic carbocycles. The Morgan fingerprint density at radius 2 is 1.77 bits per heavy atom. The molecule has 0 spiro atoms. The van der Waals surface area contributed by atoms with E-state index in [2.05, 4.69) is 15.5 Å². The van der Waals surface area contributed by atoms with Crippen molar-refractivity contribution in [3.05, 3.63) is 54.6 Å². The van der Waals surface area contributed by atoms with Crippen LogP contribution in [0.25, 0.3) is 11.3 Å². The molecule has 0 radical (unpaired) electrons. The summed E-state index contributed by atoms with van der Waals surface area (Å²) in [6.45, 7) is 0.640. The van der Waals surface area contributed by atoms with Gasteiger partial charge in [0.2, 0.25) is 12.7 Å². The molecule has 0 unspecified atom stereocenters. The van der Waals surface area contributed by atoms with E-state index in [9.17, 15) is 4.79 Å². The Bertz CT molecular complexity index is 1020. The Morgan fingerprint density at radius 1 is 0.968 bits per heavy atom. The van der Waals surface area contributed by atoms with Crippen LogP contribution in [0.2, 0.25) is 0 Å². The van der Waals surface area contributed by atoms with Crippen molar-refractivity contribution < 1.29 is 28.5 Å². The molecule has 0 atom stereocenters. The molecule has 160 valence electrons. The highest BCUT2D eigenvalue weighted by Crippen LogP contribution is 2.35. The maximum absolute atomic E-state index is 11.9. The molecule has 3 aromatic rings. The largest absolute Gasteiger partial charge is 0.497 e. The Balaban J connectivity index is 1.16. The molecule has 9 nitrogen and oxygen atoms in total. The van der Waals surface area contributed by atoms with Gasteiger partial charge >= 0.3 is 0 Å². The molecule has 2 aromatic carbocycles. The lowest BCUT2D eigenvalue weighted by atomic mass is 10.1. The van der Waals surface area contributed by atoms with Crippen molar-refractivity contribution in [1.29, 1.82) is 0 Å². The summed E-state index contributed by atoms with van der Waals surface area (Å²) in [5.74, 6) is 2.69. The van der Waals surface area contributed by atoms with E-state index in [-0.39, 0.29) is 25.9 Å². The fraction of sp³-hybridized carbons (Fsp3) is 0.227. The highest BCUT2D eigenvalue weighted by atomic mass is 16.7. The fourth-order valence-corrected chi connectivity index (χ4v) is 2.83. The molecular weight excluding hydrogens is 402 g/mol. The van der Waals surface area contributed by atoms with E-state index in [4.69, 9.17) is 23.7 Å². The van der Waals surface area contributed by atoms with Gasteiger partial charge in [-0.2, -0.15) is 0 Å². The molecule has 1 aromatic heterocycles. The van der Waals surface area contributed by atoms with Crippen LogP contribution < -0.4 is 29.0 Å². The van der Waals surface area contributed by atoms with Gasteiger partial charge in [0.05, 0.1) is 19.3 Å². The molecule has 0 saturated carbocycles. The van der Waals surface area contributed by atoms with Gasteiger partial charge in [0.25, 0.3) is 5.91 Å². The number of carbonyl (C=O) groups is 1. The van der Waals surface area contributed by atoms with E-state index in [1.807, 2.05) is 30.3 Å². The fourth-order valence-electron chi connectivity index (χ4n) is 2.83. The summed E-state index contributed by atoms with van der Waals surface area (Å²) in [5.41, 5.74) is 1.65. The molecule has 1 aliphatic rings. The maximum atomic E-state index is 11.9. The summed E-state index contributed by atoms with van der Waals surface area (Å²) in [6.07, 6.45) is 0. The van der Waals surface area contributed by atoms with Crippen LogP contribution in [0.1, 0.15) is 0 Å². The predicted octanol–water partition coefficient (Wildman–Crippen LogP) is 2.45. The third-order valence-electron chi connectivity index (χ3n) is 4.41. The zero-order chi connectivity index (χ0) is 21.5. The third-order valence-corrected chi connectivity index (χ3v) is 4.41. The van der Waals surface area contributed by atoms with Crippen LogP contribution in [0.5, 0.6) is 28.9 Å². The highest BCUT2D eigenvalue weighted by molar-refractivity contribution is 5.77. The lowest BCUT2D eigenvalue weighted by Crippen LogP contribution is -2.32. The third kappa shape index (κ3) is 5.33. The molecule has 2 heterocycles. The first-order chi connectivity index (χ1) is 15.2. The van der Waals surface area contributed by atoms with Gasteiger partial charge in [-0.05, 0) is 42.5 Å². The van der Waals surface area contributed by atoms with Crippen LogP contribution in [0.15, 0.2) is 54.6 Å². The van der Waals surface area contributed by atoms with Crippen LogP contribution in [-0.4, -0.2) is 49.8 Å². The number of benzene rings is 2. The number of rotatable bonds is 9. The Morgan fingerprint density at radius 3 is 2.55 bits per heavy atom. The summed E-state index contributed by atoms with van der Waals surface area (Å²) < 4.78 is 26.6. The average molecular weight is 423 g/mol. The minimum absolute atomic E-state index is 0.115. The Labute approximate surface area is 178 Å². The number of methoxy groups -OCH3 is 1. The van der Waals surface area contributed by atoms with Crippen LogP contribution in [0.4, 0.5) is 0 Å². The second kappa shape index (κ2) is 9.66. The molecule has 31 heavy (non-hydrogen) atoms. The summed E-state index contributed by atoms with van der Waals surface area (Å²) in [6, 6.07) is 16.2. The number of ether oxygens (including phenoxy) is 5. The lowest BCUT2D eigenvalue weighted by molar-refractivity contribution is -0.123. The van der Waals surface area contributed by atoms with Crippen LogP contribution in [0.3, 0.4) is 0 Å². The van der Waals surface area contributed by atoms with Gasteiger partial charge in [0.1, 0.15) is 18.1 Å². The van der Waals surface area contributed by atoms with Crippen LogP contribution in [-0.2, 0) is 4.79 Å². The zero-order valence-corrected chi connectivity index (χ0v) is 16.9. The number of aromatic nitrogens is 2. The number of fused-ring (bicyclic) bond motifs is 1. The predicted molar refractivity (Wildman–Crippen MR) is 111 cm³/mol. The van der Waals surface area contributed by atoms with Crippen molar-refractivity contribution in [2.24, 2.45) is 0 Å². The van der Waals surface area contributed by atoms with E-state index >= 15 is 0 Å². The lowest BCUT2D eigenvalue weighted by Gasteiger charge is -2.09. The van der Waals surface area contributed by atoms with Gasteiger partial charge in [0.15, 0.2) is 18.1 Å². The quantitative estimate of drug-likeness (QED) is 0.524. The number of nitrogens with one attached hydrogen (secondary N) is 1. The summed E-state index contributed by atoms with van der Waals surface area (Å²) in [5, 5.41) is 10.9. The average Bonchev–Trinajstić information content (AvgIpc) is 3.29. The number of hydrogen-bond acceptors (Lipinski definition) is 8. The summed E-state index contributed by atoms with van der Waals surface area (Å²) in [7, 11) is 1.62. The van der Waals surface area contributed by atoms with E-state index in [0.717, 1.165) is 17.0 Å². The van der Waals surface area contributed by atoms with Gasteiger partial charge in [-0.15, -0.1) is 10.2 Å². The normalized spacial score (nSPS) is 11.6. The van der Waals surface area contributed by atoms with Crippen molar-refractivity contribution in [1.82, 2.24) is 15.5 Å². The highest BCUT2D eigenvalue weighted by Gasteiger charge is 2.14. The maximum Gasteiger partial charge on any atom is 0.258 e. The Kier molecular flexibility index (Phi) is 6.32. The topological polar surface area (TPSA) is 101 Å². The molecule has 4 rings (SSSR count). The summed E-state index contributed by atoms with van der Waals surface area (Å²) >= 11 is 0. The standard InChI is InChI=1S/C22H21N3O6/c1-27-16-4-2-15(3-5-16)18-7-9-22(25-24-18)28-11-10-23-21(26)13-29-17-6-8-19-20(12-17)31-14-30-19/h2-9,12H,10-11,13-14H2,1H3,(H,23,26). The molecule has 9 heteroatoms. The molecule has 0 saturated heterocycles. The van der Waals surface area contributed by atoms with Crippen LogP contribution in [0, 0.1) is 0 Å². The Hall–Kier alpha value is -4.01. The summed E-state index contributed by atoms with van der Waals surface area (Å²) in [4.78, 5) is 11.9. The first-order valence-electron chi connectivity index (χ1n) is 9.61. The zero-order valence-electron chi connectivity index (χ0n) is 16.9. The SMILES string of the molecule is COc1ccc(-c2ccc(OCCNC(=O)COc3ccc4c(c3)OCO4)nn2)cc1. The van der Waals surface area contributed by atoms with Gasteiger partial charge < -0.3 is 29.0 Å². The molecule has 0 fully saturated rings. The second-order valence-corrected chi connectivity index (χ2v) is 6.49. The molecule has 1 aliphatic heterocycles. The van der Waals surface area contributed by atoms with Gasteiger partial charge in [-0.3, -0.25) is 4.79 Å². The molecular formula is C22H21N3O6. The minimum atomic E-state index is -0.262.